The zero-order chi connectivity index (χ0) is 31.7. The number of benzene rings is 2. The fourth-order valence-electron chi connectivity index (χ4n) is 6.44. The predicted molar refractivity (Wildman–Crippen MR) is 158 cm³/mol. The lowest BCUT2D eigenvalue weighted by atomic mass is 9.97. The highest BCUT2D eigenvalue weighted by Crippen LogP contribution is 2.48. The van der Waals surface area contributed by atoms with Crippen molar-refractivity contribution in [3.05, 3.63) is 71.8 Å². The molecule has 45 heavy (non-hydrogen) atoms. The maximum Gasteiger partial charge on any atom is 0.303 e. The van der Waals surface area contributed by atoms with Crippen LogP contribution in [0.25, 0.3) is 0 Å². The zero-order valence-electron chi connectivity index (χ0n) is 26.5. The molecule has 6 rings (SSSR count). The van der Waals surface area contributed by atoms with Crippen molar-refractivity contribution in [3.63, 3.8) is 0 Å². The molecule has 2 aromatic rings. The Labute approximate surface area is 264 Å². The molecule has 4 saturated heterocycles. The largest absolute Gasteiger partial charge is 0.457 e. The highest BCUT2D eigenvalue weighted by molar-refractivity contribution is 5.66. The van der Waals surface area contributed by atoms with Crippen molar-refractivity contribution in [2.24, 2.45) is 0 Å². The molecular weight excluding hydrogens is 584 g/mol. The number of carbonyl (C=O) groups excluding carboxylic acids is 1. The smallest absolute Gasteiger partial charge is 0.303 e. The average molecular weight is 629 g/mol. The highest BCUT2D eigenvalue weighted by atomic mass is 16.9. The predicted octanol–water partition coefficient (Wildman–Crippen LogP) is 4.25. The molecule has 0 radical (unpaired) electrons. The second kappa shape index (κ2) is 13.3. The lowest BCUT2D eigenvalue weighted by Crippen LogP contribution is -2.61. The summed E-state index contributed by atoms with van der Waals surface area (Å²) in [7, 11) is 0. The van der Waals surface area contributed by atoms with Gasteiger partial charge >= 0.3 is 5.97 Å². The van der Waals surface area contributed by atoms with Gasteiger partial charge in [0.1, 0.15) is 37.1 Å². The van der Waals surface area contributed by atoms with Gasteiger partial charge in [-0.15, -0.1) is 0 Å². The van der Waals surface area contributed by atoms with E-state index in [-0.39, 0.29) is 25.9 Å². The summed E-state index contributed by atoms with van der Waals surface area (Å²) in [4.78, 5) is 12.2. The standard InChI is InChI=1S/C34H44O11/c1-22(35)40-29-25(37-18-24-14-10-7-11-15-24)16-28(41-26(29)19-36-17-23-12-8-6-9-13-23)38-21-34-31(44-33(4,5)45-34)30-27(20-39-34)42-32(2,3)43-30/h6-15,25-31H,16-21H2,1-5H3/t25-,26-,27-,28+,29+,30-,31+,34+/m1/s1. The van der Waals surface area contributed by atoms with Crippen molar-refractivity contribution in [2.75, 3.05) is 19.8 Å². The Morgan fingerprint density at radius 1 is 0.867 bits per heavy atom. The second-order valence-electron chi connectivity index (χ2n) is 12.9. The SMILES string of the molecule is CC(=O)O[C@H]1[C@H](OCc2ccccc2)C[C@@H](OC[C@@]23OC[C@H]4OC(C)(C)O[C@H]4[C@@H]2OC(C)(C)O3)O[C@@H]1COCc1ccccc1. The summed E-state index contributed by atoms with van der Waals surface area (Å²) in [6.07, 6.45) is -3.66. The van der Waals surface area contributed by atoms with Gasteiger partial charge < -0.3 is 47.4 Å². The molecule has 4 heterocycles. The van der Waals surface area contributed by atoms with Crippen LogP contribution < -0.4 is 0 Å². The van der Waals surface area contributed by atoms with Crippen LogP contribution in [-0.2, 0) is 65.4 Å². The molecule has 0 N–H and O–H groups in total. The molecular formula is C34H44O11. The van der Waals surface area contributed by atoms with Gasteiger partial charge in [0.15, 0.2) is 24.0 Å². The molecule has 11 heteroatoms. The Kier molecular flexibility index (Phi) is 9.64. The third-order valence-corrected chi connectivity index (χ3v) is 8.23. The minimum atomic E-state index is -1.25. The molecule has 0 amide bonds. The molecule has 4 fully saturated rings. The molecule has 11 nitrogen and oxygen atoms in total. The summed E-state index contributed by atoms with van der Waals surface area (Å²) in [5, 5.41) is 0. The van der Waals surface area contributed by atoms with Gasteiger partial charge in [-0.2, -0.15) is 0 Å². The van der Waals surface area contributed by atoms with Crippen molar-refractivity contribution in [1.29, 1.82) is 0 Å². The van der Waals surface area contributed by atoms with Crippen LogP contribution in [0.15, 0.2) is 60.7 Å². The lowest BCUT2D eigenvalue weighted by molar-refractivity contribution is -0.331. The normalized spacial score (nSPS) is 35.0. The fraction of sp³-hybridized carbons (Fsp3) is 0.618. The lowest BCUT2D eigenvalue weighted by Gasteiger charge is -2.43. The van der Waals surface area contributed by atoms with Gasteiger partial charge in [0.25, 0.3) is 0 Å². The van der Waals surface area contributed by atoms with Gasteiger partial charge in [-0.3, -0.25) is 4.79 Å². The van der Waals surface area contributed by atoms with Crippen molar-refractivity contribution in [3.8, 4) is 0 Å². The molecule has 4 aliphatic heterocycles. The Bertz CT molecular complexity index is 1270. The van der Waals surface area contributed by atoms with E-state index in [0.717, 1.165) is 11.1 Å². The average Bonchev–Trinajstić information content (AvgIpc) is 3.48. The minimum Gasteiger partial charge on any atom is -0.457 e. The van der Waals surface area contributed by atoms with Crippen LogP contribution in [-0.4, -0.2) is 86.1 Å². The van der Waals surface area contributed by atoms with E-state index in [1.807, 2.05) is 88.4 Å². The van der Waals surface area contributed by atoms with Gasteiger partial charge in [-0.05, 0) is 38.8 Å². The number of fused-ring (bicyclic) bond motifs is 3. The van der Waals surface area contributed by atoms with E-state index in [1.54, 1.807) is 0 Å². The molecule has 2 aromatic carbocycles. The maximum atomic E-state index is 12.2. The summed E-state index contributed by atoms with van der Waals surface area (Å²) in [6, 6.07) is 19.7. The van der Waals surface area contributed by atoms with E-state index in [4.69, 9.17) is 47.4 Å². The van der Waals surface area contributed by atoms with Gasteiger partial charge in [0.05, 0.1) is 26.4 Å². The maximum absolute atomic E-state index is 12.2. The summed E-state index contributed by atoms with van der Waals surface area (Å²) in [5.74, 6) is -3.40. The van der Waals surface area contributed by atoms with Crippen LogP contribution in [0.3, 0.4) is 0 Å². The zero-order valence-corrected chi connectivity index (χ0v) is 26.5. The molecule has 0 saturated carbocycles. The Morgan fingerprint density at radius 2 is 1.56 bits per heavy atom. The van der Waals surface area contributed by atoms with Gasteiger partial charge in [-0.1, -0.05) is 60.7 Å². The monoisotopic (exact) mass is 628 g/mol. The first-order valence-corrected chi connectivity index (χ1v) is 15.6. The van der Waals surface area contributed by atoms with E-state index in [9.17, 15) is 4.79 Å². The first kappa shape index (κ1) is 32.5. The van der Waals surface area contributed by atoms with Crippen molar-refractivity contribution >= 4 is 5.97 Å². The molecule has 0 aliphatic carbocycles. The molecule has 0 spiro atoms. The van der Waals surface area contributed by atoms with Crippen LogP contribution in [0.1, 0.15) is 52.2 Å². The number of esters is 1. The van der Waals surface area contributed by atoms with Crippen LogP contribution in [0.2, 0.25) is 0 Å². The van der Waals surface area contributed by atoms with Gasteiger partial charge in [0, 0.05) is 13.3 Å². The minimum absolute atomic E-state index is 0.00000179. The topological polar surface area (TPSA) is 109 Å². The summed E-state index contributed by atoms with van der Waals surface area (Å²) in [6.45, 7) is 9.89. The van der Waals surface area contributed by atoms with Crippen molar-refractivity contribution < 1.29 is 52.2 Å². The third-order valence-electron chi connectivity index (χ3n) is 8.23. The third kappa shape index (κ3) is 7.75. The van der Waals surface area contributed by atoms with E-state index < -0.39 is 60.1 Å². The van der Waals surface area contributed by atoms with E-state index in [2.05, 4.69) is 0 Å². The number of rotatable bonds is 11. The fourth-order valence-corrected chi connectivity index (χ4v) is 6.44. The van der Waals surface area contributed by atoms with Crippen LogP contribution >= 0.6 is 0 Å². The first-order valence-electron chi connectivity index (χ1n) is 15.6. The molecule has 8 atom stereocenters. The second-order valence-corrected chi connectivity index (χ2v) is 12.9. The van der Waals surface area contributed by atoms with Crippen LogP contribution in [0.4, 0.5) is 0 Å². The first-order chi connectivity index (χ1) is 21.5. The van der Waals surface area contributed by atoms with E-state index in [1.165, 1.54) is 6.92 Å². The van der Waals surface area contributed by atoms with Gasteiger partial charge in [0.2, 0.25) is 5.79 Å². The number of carbonyl (C=O) groups is 1. The summed E-state index contributed by atoms with van der Waals surface area (Å²) in [5.41, 5.74) is 2.01. The molecule has 0 aromatic heterocycles. The van der Waals surface area contributed by atoms with Crippen LogP contribution in [0, 0.1) is 0 Å². The number of hydrogen-bond acceptors (Lipinski definition) is 11. The van der Waals surface area contributed by atoms with Crippen molar-refractivity contribution in [2.45, 2.75) is 115 Å². The summed E-state index contributed by atoms with van der Waals surface area (Å²) < 4.78 is 62.4. The quantitative estimate of drug-likeness (QED) is 0.333. The molecule has 0 bridgehead atoms. The highest BCUT2D eigenvalue weighted by Gasteiger charge is 2.65. The molecule has 246 valence electrons. The molecule has 0 unspecified atom stereocenters. The summed E-state index contributed by atoms with van der Waals surface area (Å²) >= 11 is 0. The number of ether oxygens (including phenoxy) is 10. The van der Waals surface area contributed by atoms with Gasteiger partial charge in [-0.25, -0.2) is 0 Å². The van der Waals surface area contributed by atoms with Crippen molar-refractivity contribution in [1.82, 2.24) is 0 Å². The van der Waals surface area contributed by atoms with Crippen LogP contribution in [0.5, 0.6) is 0 Å². The Morgan fingerprint density at radius 3 is 2.24 bits per heavy atom. The Balaban J connectivity index is 1.18. The van der Waals surface area contributed by atoms with E-state index >= 15 is 0 Å². The molecule has 4 aliphatic rings. The Hall–Kier alpha value is -2.45. The van der Waals surface area contributed by atoms with E-state index in [0.29, 0.717) is 19.6 Å². The number of hydrogen-bond donors (Lipinski definition) is 0.